The van der Waals surface area contributed by atoms with Gasteiger partial charge < -0.3 is 11.5 Å². The predicted molar refractivity (Wildman–Crippen MR) is 63.2 cm³/mol. The van der Waals surface area contributed by atoms with E-state index in [1.54, 1.807) is 24.3 Å². The van der Waals surface area contributed by atoms with Gasteiger partial charge in [0, 0.05) is 11.4 Å². The highest BCUT2D eigenvalue weighted by Gasteiger charge is 1.90. The molecule has 2 heteroatoms. The molecule has 0 aromatic carbocycles. The summed E-state index contributed by atoms with van der Waals surface area (Å²) in [6.45, 7) is 14.7. The molecule has 0 aliphatic heterocycles. The lowest BCUT2D eigenvalue weighted by Crippen LogP contribution is -1.90. The van der Waals surface area contributed by atoms with Crippen LogP contribution in [0.15, 0.2) is 73.2 Å². The van der Waals surface area contributed by atoms with Gasteiger partial charge >= 0.3 is 0 Å². The van der Waals surface area contributed by atoms with Gasteiger partial charge in [-0.1, -0.05) is 38.5 Å². The van der Waals surface area contributed by atoms with Crippen molar-refractivity contribution >= 4 is 0 Å². The van der Waals surface area contributed by atoms with Crippen molar-refractivity contribution in [2.24, 2.45) is 11.5 Å². The number of nitrogens with two attached hydrogens (primary N) is 2. The second-order valence-electron chi connectivity index (χ2n) is 2.87. The van der Waals surface area contributed by atoms with E-state index in [1.807, 2.05) is 0 Å². The number of allylic oxidation sites excluding steroid dienone is 6. The van der Waals surface area contributed by atoms with Gasteiger partial charge in [0.05, 0.1) is 0 Å². The highest BCUT2D eigenvalue weighted by atomic mass is 14.5. The Hall–Kier alpha value is -1.96. The molecule has 0 amide bonds. The van der Waals surface area contributed by atoms with E-state index in [-0.39, 0.29) is 0 Å². The zero-order chi connectivity index (χ0) is 11.1. The van der Waals surface area contributed by atoms with Gasteiger partial charge in [0.2, 0.25) is 0 Å². The van der Waals surface area contributed by atoms with E-state index >= 15 is 0 Å². The molecule has 0 bridgehead atoms. The van der Waals surface area contributed by atoms with Crippen molar-refractivity contribution in [1.82, 2.24) is 0 Å². The topological polar surface area (TPSA) is 52.0 Å². The Morgan fingerprint density at radius 1 is 0.643 bits per heavy atom. The molecule has 0 aliphatic rings. The second kappa shape index (κ2) is 5.65. The van der Waals surface area contributed by atoms with Crippen LogP contribution in [0, 0.1) is 0 Å². The lowest BCUT2D eigenvalue weighted by atomic mass is 10.1. The predicted octanol–water partition coefficient (Wildman–Crippen LogP) is 2.16. The standard InChI is InChI=1S/C12H16N2/c1-9(5-7-11(3)13)10(2)6-8-12(4)14/h5-8H,1-4,13-14H2/b7-5-,8-6-. The van der Waals surface area contributed by atoms with Crippen molar-refractivity contribution in [3.05, 3.63) is 73.2 Å². The summed E-state index contributed by atoms with van der Waals surface area (Å²) in [5.74, 6) is 0. The molecule has 4 N–H and O–H groups in total. The molecule has 0 radical (unpaired) electrons. The molecule has 0 unspecified atom stereocenters. The normalized spacial score (nSPS) is 10.6. The molecule has 0 rings (SSSR count). The molecule has 2 nitrogen and oxygen atoms in total. The van der Waals surface area contributed by atoms with Crippen LogP contribution < -0.4 is 11.5 Å². The van der Waals surface area contributed by atoms with Crippen molar-refractivity contribution < 1.29 is 0 Å². The SMILES string of the molecule is C=C(N)/C=C\C(=C)C(=C)/C=C\C(=C)N. The zero-order valence-electron chi connectivity index (χ0n) is 8.29. The summed E-state index contributed by atoms with van der Waals surface area (Å²) in [5.41, 5.74) is 13.2. The summed E-state index contributed by atoms with van der Waals surface area (Å²) in [7, 11) is 0. The summed E-state index contributed by atoms with van der Waals surface area (Å²) < 4.78 is 0. The van der Waals surface area contributed by atoms with E-state index in [1.165, 1.54) is 0 Å². The average Bonchev–Trinajstić information content (AvgIpc) is 2.09. The Morgan fingerprint density at radius 3 is 1.14 bits per heavy atom. The third kappa shape index (κ3) is 5.66. The van der Waals surface area contributed by atoms with E-state index in [0.29, 0.717) is 11.4 Å². The molecule has 0 fully saturated rings. The molecule has 0 aromatic rings. The van der Waals surface area contributed by atoms with Gasteiger partial charge in [0.25, 0.3) is 0 Å². The minimum atomic E-state index is 0.478. The fraction of sp³-hybridized carbons (Fsp3) is 0. The third-order valence-corrected chi connectivity index (χ3v) is 1.41. The Balaban J connectivity index is 4.35. The lowest BCUT2D eigenvalue weighted by Gasteiger charge is -1.98. The number of hydrogen-bond acceptors (Lipinski definition) is 2. The van der Waals surface area contributed by atoms with Crippen LogP contribution in [0.3, 0.4) is 0 Å². The minimum Gasteiger partial charge on any atom is -0.399 e. The van der Waals surface area contributed by atoms with Crippen LogP contribution in [0.5, 0.6) is 0 Å². The molecular formula is C12H16N2. The van der Waals surface area contributed by atoms with Crippen molar-refractivity contribution in [2.45, 2.75) is 0 Å². The maximum Gasteiger partial charge on any atom is 0.0241 e. The zero-order valence-corrected chi connectivity index (χ0v) is 8.29. The van der Waals surface area contributed by atoms with E-state index < -0.39 is 0 Å². The molecule has 74 valence electrons. The fourth-order valence-electron chi connectivity index (χ4n) is 0.629. The molecule has 0 spiro atoms. The lowest BCUT2D eigenvalue weighted by molar-refractivity contribution is 1.43. The van der Waals surface area contributed by atoms with E-state index in [0.717, 1.165) is 11.1 Å². The van der Waals surface area contributed by atoms with Crippen LogP contribution in [-0.4, -0.2) is 0 Å². The highest BCUT2D eigenvalue weighted by Crippen LogP contribution is 2.09. The van der Waals surface area contributed by atoms with Crippen molar-refractivity contribution in [3.8, 4) is 0 Å². The van der Waals surface area contributed by atoms with E-state index in [9.17, 15) is 0 Å². The molecule has 14 heavy (non-hydrogen) atoms. The quantitative estimate of drug-likeness (QED) is 0.649. The van der Waals surface area contributed by atoms with Crippen LogP contribution in [-0.2, 0) is 0 Å². The molecule has 0 saturated heterocycles. The molecule has 0 heterocycles. The van der Waals surface area contributed by atoms with Crippen LogP contribution in [0.2, 0.25) is 0 Å². The smallest absolute Gasteiger partial charge is 0.0241 e. The largest absolute Gasteiger partial charge is 0.399 e. The number of rotatable bonds is 5. The van der Waals surface area contributed by atoms with E-state index in [2.05, 4.69) is 26.3 Å². The van der Waals surface area contributed by atoms with Crippen LogP contribution in [0.4, 0.5) is 0 Å². The van der Waals surface area contributed by atoms with Gasteiger partial charge in [0.1, 0.15) is 0 Å². The first-order chi connectivity index (χ1) is 6.43. The molecule has 0 aliphatic carbocycles. The van der Waals surface area contributed by atoms with Crippen molar-refractivity contribution in [2.75, 3.05) is 0 Å². The average molecular weight is 188 g/mol. The molecule has 0 saturated carbocycles. The molecule has 0 atom stereocenters. The first kappa shape index (κ1) is 12.0. The first-order valence-electron chi connectivity index (χ1n) is 4.06. The van der Waals surface area contributed by atoms with Gasteiger partial charge in [-0.05, 0) is 23.3 Å². The summed E-state index contributed by atoms with van der Waals surface area (Å²) >= 11 is 0. The molecular weight excluding hydrogens is 172 g/mol. The van der Waals surface area contributed by atoms with Gasteiger partial charge in [0.15, 0.2) is 0 Å². The van der Waals surface area contributed by atoms with Crippen LogP contribution in [0.25, 0.3) is 0 Å². The summed E-state index contributed by atoms with van der Waals surface area (Å²) in [4.78, 5) is 0. The van der Waals surface area contributed by atoms with Gasteiger partial charge in [-0.25, -0.2) is 0 Å². The van der Waals surface area contributed by atoms with Gasteiger partial charge in [-0.3, -0.25) is 0 Å². The Morgan fingerprint density at radius 2 is 0.929 bits per heavy atom. The van der Waals surface area contributed by atoms with Crippen molar-refractivity contribution in [1.29, 1.82) is 0 Å². The van der Waals surface area contributed by atoms with Crippen LogP contribution in [0.1, 0.15) is 0 Å². The maximum atomic E-state index is 5.36. The number of hydrogen-bond donors (Lipinski definition) is 2. The van der Waals surface area contributed by atoms with Crippen molar-refractivity contribution in [3.63, 3.8) is 0 Å². The Bertz CT molecular complexity index is 296. The third-order valence-electron chi connectivity index (χ3n) is 1.41. The Labute approximate surface area is 85.3 Å². The Kier molecular flexibility index (Phi) is 4.86. The second-order valence-corrected chi connectivity index (χ2v) is 2.87. The minimum absolute atomic E-state index is 0.478. The molecule has 0 aromatic heterocycles. The van der Waals surface area contributed by atoms with E-state index in [4.69, 9.17) is 11.5 Å². The van der Waals surface area contributed by atoms with Gasteiger partial charge in [-0.15, -0.1) is 0 Å². The summed E-state index contributed by atoms with van der Waals surface area (Å²) in [6, 6.07) is 0. The maximum absolute atomic E-state index is 5.36. The summed E-state index contributed by atoms with van der Waals surface area (Å²) in [6.07, 6.45) is 6.82. The first-order valence-corrected chi connectivity index (χ1v) is 4.06. The fourth-order valence-corrected chi connectivity index (χ4v) is 0.629. The monoisotopic (exact) mass is 188 g/mol. The highest BCUT2D eigenvalue weighted by molar-refractivity contribution is 5.44. The van der Waals surface area contributed by atoms with Gasteiger partial charge in [-0.2, -0.15) is 0 Å². The summed E-state index contributed by atoms with van der Waals surface area (Å²) in [5, 5.41) is 0. The van der Waals surface area contributed by atoms with Crippen LogP contribution >= 0.6 is 0 Å².